The van der Waals surface area contributed by atoms with Crippen molar-refractivity contribution in [3.05, 3.63) is 53.4 Å². The minimum Gasteiger partial charge on any atom is -0.359 e. The van der Waals surface area contributed by atoms with Gasteiger partial charge in [0.05, 0.1) is 6.54 Å². The minimum absolute atomic E-state index is 0.0447. The molecule has 3 heterocycles. The first-order valence-electron chi connectivity index (χ1n) is 10.8. The first-order chi connectivity index (χ1) is 14.5. The number of nitrogens with zero attached hydrogens (tertiary/aromatic N) is 4. The Balaban J connectivity index is 1.29. The Morgan fingerprint density at radius 2 is 1.87 bits per heavy atom. The number of piperazine rings is 1. The summed E-state index contributed by atoms with van der Waals surface area (Å²) in [7, 11) is 1.76. The van der Waals surface area contributed by atoms with Crippen molar-refractivity contribution in [1.29, 1.82) is 0 Å². The van der Waals surface area contributed by atoms with Gasteiger partial charge in [0.15, 0.2) is 11.5 Å². The highest BCUT2D eigenvalue weighted by atomic mass is 16.5. The highest BCUT2D eigenvalue weighted by Gasteiger charge is 2.34. The number of benzene rings is 1. The van der Waals surface area contributed by atoms with E-state index in [1.807, 2.05) is 0 Å². The van der Waals surface area contributed by atoms with E-state index < -0.39 is 6.04 Å². The summed E-state index contributed by atoms with van der Waals surface area (Å²) in [5, 5.41) is 3.99. The fourth-order valence-corrected chi connectivity index (χ4v) is 4.44. The van der Waals surface area contributed by atoms with Crippen molar-refractivity contribution in [3.63, 3.8) is 0 Å². The van der Waals surface area contributed by atoms with Gasteiger partial charge < -0.3 is 14.3 Å². The zero-order valence-corrected chi connectivity index (χ0v) is 17.8. The predicted octanol–water partition coefficient (Wildman–Crippen LogP) is 2.43. The quantitative estimate of drug-likeness (QED) is 0.757. The van der Waals surface area contributed by atoms with Crippen LogP contribution in [0, 0.1) is 5.92 Å². The van der Waals surface area contributed by atoms with Crippen molar-refractivity contribution in [1.82, 2.24) is 19.9 Å². The van der Waals surface area contributed by atoms with E-state index in [4.69, 9.17) is 4.52 Å². The van der Waals surface area contributed by atoms with Crippen LogP contribution in [0.25, 0.3) is 0 Å². The minimum atomic E-state index is -0.472. The average molecular weight is 411 g/mol. The van der Waals surface area contributed by atoms with Crippen LogP contribution in [0.5, 0.6) is 0 Å². The van der Waals surface area contributed by atoms with Crippen molar-refractivity contribution in [2.75, 3.05) is 33.2 Å². The van der Waals surface area contributed by atoms with Gasteiger partial charge in [-0.1, -0.05) is 35.5 Å². The summed E-state index contributed by atoms with van der Waals surface area (Å²) < 4.78 is 5.45. The highest BCUT2D eigenvalue weighted by molar-refractivity contribution is 5.96. The summed E-state index contributed by atoms with van der Waals surface area (Å²) >= 11 is 0. The van der Waals surface area contributed by atoms with Crippen LogP contribution in [-0.2, 0) is 17.8 Å². The van der Waals surface area contributed by atoms with Gasteiger partial charge in [-0.2, -0.15) is 0 Å². The topological polar surface area (TPSA) is 69.9 Å². The summed E-state index contributed by atoms with van der Waals surface area (Å²) in [5.41, 5.74) is 1.69. The largest absolute Gasteiger partial charge is 0.359 e. The molecular weight excluding hydrogens is 380 g/mol. The number of carbonyl (C=O) groups excluding carboxylic acids is 2. The van der Waals surface area contributed by atoms with Crippen molar-refractivity contribution < 1.29 is 14.1 Å². The summed E-state index contributed by atoms with van der Waals surface area (Å²) in [6, 6.07) is 11.9. The second kappa shape index (κ2) is 9.00. The molecule has 2 aromatic rings. The first-order valence-corrected chi connectivity index (χ1v) is 10.8. The van der Waals surface area contributed by atoms with Gasteiger partial charge in [-0.05, 0) is 50.8 Å². The van der Waals surface area contributed by atoms with Crippen LogP contribution in [0.4, 0.5) is 0 Å². The molecule has 1 aromatic carbocycles. The highest BCUT2D eigenvalue weighted by Crippen LogP contribution is 2.23. The second-order valence-corrected chi connectivity index (χ2v) is 8.52. The molecule has 0 unspecified atom stereocenters. The normalized spacial score (nSPS) is 21.3. The van der Waals surface area contributed by atoms with Crippen LogP contribution in [0.1, 0.15) is 41.6 Å². The van der Waals surface area contributed by atoms with Crippen molar-refractivity contribution in [3.8, 4) is 0 Å². The molecule has 0 N–H and O–H groups in total. The number of hydrogen-bond acceptors (Lipinski definition) is 5. The maximum Gasteiger partial charge on any atom is 0.276 e. The molecule has 7 nitrogen and oxygen atoms in total. The van der Waals surface area contributed by atoms with Gasteiger partial charge >= 0.3 is 0 Å². The van der Waals surface area contributed by atoms with Crippen LogP contribution >= 0.6 is 0 Å². The fraction of sp³-hybridized carbons (Fsp3) is 0.522. The zero-order valence-electron chi connectivity index (χ0n) is 17.8. The van der Waals surface area contributed by atoms with Crippen LogP contribution < -0.4 is 0 Å². The first kappa shape index (κ1) is 20.6. The molecule has 0 radical (unpaired) electrons. The zero-order chi connectivity index (χ0) is 21.1. The van der Waals surface area contributed by atoms with E-state index in [1.54, 1.807) is 29.8 Å². The van der Waals surface area contributed by atoms with E-state index >= 15 is 0 Å². The molecule has 0 saturated carbocycles. The smallest absolute Gasteiger partial charge is 0.276 e. The van der Waals surface area contributed by atoms with E-state index in [1.165, 1.54) is 5.56 Å². The van der Waals surface area contributed by atoms with Crippen LogP contribution in [0.3, 0.4) is 0 Å². The Bertz CT molecular complexity index is 874. The number of piperidine rings is 1. The lowest BCUT2D eigenvalue weighted by molar-refractivity contribution is -0.137. The van der Waals surface area contributed by atoms with E-state index in [0.29, 0.717) is 31.3 Å². The predicted molar refractivity (Wildman–Crippen MR) is 113 cm³/mol. The van der Waals surface area contributed by atoms with E-state index in [-0.39, 0.29) is 17.5 Å². The standard InChI is InChI=1S/C23H30N4O3/c1-17-22(28)25(2)12-13-27(17)23(29)21-15-20(30-24-21)16-26-10-8-19(9-11-26)14-18-6-4-3-5-7-18/h3-7,15,17,19H,8-14,16H2,1-2H3/t17-/m0/s1. The number of hydrogen-bond donors (Lipinski definition) is 0. The number of aromatic nitrogens is 1. The number of amides is 2. The lowest BCUT2D eigenvalue weighted by atomic mass is 9.90. The molecule has 2 saturated heterocycles. The lowest BCUT2D eigenvalue weighted by Gasteiger charge is -2.36. The van der Waals surface area contributed by atoms with E-state index in [2.05, 4.69) is 40.4 Å². The SMILES string of the molecule is C[C@H]1C(=O)N(C)CCN1C(=O)c1cc(CN2CCC(Cc3ccccc3)CC2)on1. The maximum absolute atomic E-state index is 12.8. The molecule has 1 atom stereocenters. The Morgan fingerprint density at radius 1 is 1.13 bits per heavy atom. The van der Waals surface area contributed by atoms with Crippen molar-refractivity contribution >= 4 is 11.8 Å². The Kier molecular flexibility index (Phi) is 6.18. The Labute approximate surface area is 177 Å². The molecule has 2 fully saturated rings. The molecule has 2 aliphatic rings. The van der Waals surface area contributed by atoms with E-state index in [9.17, 15) is 9.59 Å². The third-order valence-corrected chi connectivity index (χ3v) is 6.37. The van der Waals surface area contributed by atoms with Gasteiger partial charge in [0, 0.05) is 26.2 Å². The van der Waals surface area contributed by atoms with Gasteiger partial charge in [-0.25, -0.2) is 0 Å². The number of carbonyl (C=O) groups is 2. The van der Waals surface area contributed by atoms with Crippen molar-refractivity contribution in [2.45, 2.75) is 38.8 Å². The van der Waals surface area contributed by atoms with Gasteiger partial charge in [-0.3, -0.25) is 14.5 Å². The fourth-order valence-electron chi connectivity index (χ4n) is 4.44. The monoisotopic (exact) mass is 410 g/mol. The number of likely N-dealkylation sites (N-methyl/N-ethyl adjacent to an activating group) is 1. The van der Waals surface area contributed by atoms with Gasteiger partial charge in [0.1, 0.15) is 6.04 Å². The molecule has 0 bridgehead atoms. The molecular formula is C23H30N4O3. The molecule has 2 amide bonds. The van der Waals surface area contributed by atoms with Gasteiger partial charge in [0.25, 0.3) is 5.91 Å². The molecule has 0 spiro atoms. The summed E-state index contributed by atoms with van der Waals surface area (Å²) in [5.74, 6) is 1.14. The summed E-state index contributed by atoms with van der Waals surface area (Å²) in [4.78, 5) is 30.6. The molecule has 30 heavy (non-hydrogen) atoms. The van der Waals surface area contributed by atoms with E-state index in [0.717, 1.165) is 32.4 Å². The Hall–Kier alpha value is -2.67. The summed E-state index contributed by atoms with van der Waals surface area (Å²) in [6.07, 6.45) is 3.46. The van der Waals surface area contributed by atoms with Crippen molar-refractivity contribution in [2.24, 2.45) is 5.92 Å². The number of rotatable bonds is 5. The van der Waals surface area contributed by atoms with Crippen LogP contribution in [-0.4, -0.2) is 70.9 Å². The number of likely N-dealkylation sites (tertiary alicyclic amines) is 1. The third-order valence-electron chi connectivity index (χ3n) is 6.37. The summed E-state index contributed by atoms with van der Waals surface area (Å²) in [6.45, 7) is 5.51. The molecule has 7 heteroatoms. The lowest BCUT2D eigenvalue weighted by Crippen LogP contribution is -2.56. The molecule has 0 aliphatic carbocycles. The van der Waals surface area contributed by atoms with Gasteiger partial charge in [-0.15, -0.1) is 0 Å². The maximum atomic E-state index is 12.8. The second-order valence-electron chi connectivity index (χ2n) is 8.52. The molecule has 160 valence electrons. The third kappa shape index (κ3) is 4.56. The van der Waals surface area contributed by atoms with Crippen LogP contribution in [0.15, 0.2) is 40.9 Å². The van der Waals surface area contributed by atoms with Crippen LogP contribution in [0.2, 0.25) is 0 Å². The Morgan fingerprint density at radius 3 is 2.60 bits per heavy atom. The van der Waals surface area contributed by atoms with Gasteiger partial charge in [0.2, 0.25) is 5.91 Å². The molecule has 2 aliphatic heterocycles. The average Bonchev–Trinajstić information content (AvgIpc) is 3.22. The molecule has 4 rings (SSSR count). The molecule has 1 aromatic heterocycles.